The molecule has 1 heterocycles. The fraction of sp³-hybridized carbons (Fsp3) is 0.211. The predicted molar refractivity (Wildman–Crippen MR) is 97.3 cm³/mol. The number of hydrogen-bond donors (Lipinski definition) is 1. The molecule has 6 heteroatoms. The van der Waals surface area contributed by atoms with Crippen molar-refractivity contribution in [2.75, 3.05) is 6.61 Å². The van der Waals surface area contributed by atoms with Crippen molar-refractivity contribution in [1.29, 1.82) is 0 Å². The molecule has 0 saturated heterocycles. The zero-order valence-corrected chi connectivity index (χ0v) is 14.9. The first-order valence-corrected chi connectivity index (χ1v) is 8.54. The van der Waals surface area contributed by atoms with Crippen molar-refractivity contribution in [3.63, 3.8) is 0 Å². The number of nitrogens with one attached hydrogen (secondary N) is 1. The van der Waals surface area contributed by atoms with Gasteiger partial charge in [0.2, 0.25) is 11.7 Å². The first-order chi connectivity index (χ1) is 12.0. The molecule has 0 bridgehead atoms. The highest BCUT2D eigenvalue weighted by atomic mass is 32.1. The molecule has 0 radical (unpaired) electrons. The number of carbonyl (C=O) groups is 3. The molecule has 5 nitrogen and oxygen atoms in total. The van der Waals surface area contributed by atoms with Gasteiger partial charge in [0.15, 0.2) is 6.61 Å². The molecule has 1 aromatic carbocycles. The summed E-state index contributed by atoms with van der Waals surface area (Å²) in [6, 6.07) is 11.1. The Kier molecular flexibility index (Phi) is 6.65. The second-order valence-electron chi connectivity index (χ2n) is 5.40. The zero-order chi connectivity index (χ0) is 18.2. The van der Waals surface area contributed by atoms with Crippen LogP contribution in [0.3, 0.4) is 0 Å². The van der Waals surface area contributed by atoms with Crippen LogP contribution in [0.2, 0.25) is 0 Å². The number of amides is 1. The summed E-state index contributed by atoms with van der Waals surface area (Å²) in [4.78, 5) is 36.0. The summed E-state index contributed by atoms with van der Waals surface area (Å²) < 4.78 is 4.99. The summed E-state index contributed by atoms with van der Waals surface area (Å²) in [7, 11) is 0. The highest BCUT2D eigenvalue weighted by molar-refractivity contribution is 7.14. The van der Waals surface area contributed by atoms with Crippen LogP contribution in [0.15, 0.2) is 42.5 Å². The van der Waals surface area contributed by atoms with E-state index in [1.54, 1.807) is 18.2 Å². The van der Waals surface area contributed by atoms with Gasteiger partial charge in [-0.3, -0.25) is 9.59 Å². The van der Waals surface area contributed by atoms with Crippen LogP contribution >= 0.6 is 11.3 Å². The van der Waals surface area contributed by atoms with Crippen LogP contribution in [0.1, 0.15) is 32.6 Å². The lowest BCUT2D eigenvalue weighted by atomic mass is 10.1. The van der Waals surface area contributed by atoms with Crippen LogP contribution in [-0.2, 0) is 20.9 Å². The second kappa shape index (κ2) is 8.94. The van der Waals surface area contributed by atoms with Crippen molar-refractivity contribution >= 4 is 35.1 Å². The number of rotatable bonds is 7. The lowest BCUT2D eigenvalue weighted by Gasteiger charge is -2.01. The maximum atomic E-state index is 12.1. The van der Waals surface area contributed by atoms with E-state index in [0.29, 0.717) is 11.4 Å². The molecule has 0 spiro atoms. The van der Waals surface area contributed by atoms with Gasteiger partial charge in [0.25, 0.3) is 0 Å². The highest BCUT2D eigenvalue weighted by Gasteiger charge is 2.11. The number of Topliss-reactive ketones (excluding diaryl/α,β-unsaturated/α-hetero) is 1. The summed E-state index contributed by atoms with van der Waals surface area (Å²) in [6.07, 6.45) is 2.98. The Balaban J connectivity index is 1.84. The minimum absolute atomic E-state index is 0.129. The summed E-state index contributed by atoms with van der Waals surface area (Å²) in [5.41, 5.74) is 1.97. The smallest absolute Gasteiger partial charge is 0.331 e. The molecule has 2 aromatic rings. The van der Waals surface area contributed by atoms with Gasteiger partial charge in [-0.25, -0.2) is 4.79 Å². The van der Waals surface area contributed by atoms with Crippen LogP contribution in [0, 0.1) is 6.92 Å². The van der Waals surface area contributed by atoms with E-state index in [4.69, 9.17) is 4.74 Å². The normalized spacial score (nSPS) is 10.6. The van der Waals surface area contributed by atoms with E-state index in [1.165, 1.54) is 24.3 Å². The molecule has 0 unspecified atom stereocenters. The van der Waals surface area contributed by atoms with Crippen LogP contribution < -0.4 is 5.32 Å². The molecule has 0 saturated carbocycles. The monoisotopic (exact) mass is 357 g/mol. The standard InChI is InChI=1S/C19H19NO4S/c1-13-5-3-4-6-15(13)7-10-19(23)24-12-17(22)18-9-8-16(25-18)11-20-14(2)21/h3-10H,11-12H2,1-2H3,(H,20,21)/b10-7+. The van der Waals surface area contributed by atoms with Gasteiger partial charge in [-0.2, -0.15) is 0 Å². The Bertz CT molecular complexity index is 807. The Labute approximate surface area is 150 Å². The van der Waals surface area contributed by atoms with Crippen molar-refractivity contribution in [3.05, 3.63) is 63.4 Å². The number of esters is 1. The van der Waals surface area contributed by atoms with Gasteiger partial charge in [0, 0.05) is 17.9 Å². The van der Waals surface area contributed by atoms with E-state index < -0.39 is 5.97 Å². The fourth-order valence-electron chi connectivity index (χ4n) is 2.02. The van der Waals surface area contributed by atoms with Crippen LogP contribution in [0.5, 0.6) is 0 Å². The minimum Gasteiger partial charge on any atom is -0.454 e. The molecule has 1 aromatic heterocycles. The van der Waals surface area contributed by atoms with Crippen molar-refractivity contribution in [2.24, 2.45) is 0 Å². The van der Waals surface area contributed by atoms with Crippen molar-refractivity contribution in [1.82, 2.24) is 5.32 Å². The number of ketones is 1. The first kappa shape index (κ1) is 18.6. The molecule has 2 rings (SSSR count). The Morgan fingerprint density at radius 2 is 1.92 bits per heavy atom. The molecule has 0 aliphatic heterocycles. The van der Waals surface area contributed by atoms with E-state index in [2.05, 4.69) is 5.32 Å². The van der Waals surface area contributed by atoms with Crippen LogP contribution in [0.25, 0.3) is 6.08 Å². The number of aryl methyl sites for hydroxylation is 1. The molecule has 25 heavy (non-hydrogen) atoms. The molecular weight excluding hydrogens is 338 g/mol. The first-order valence-electron chi connectivity index (χ1n) is 7.72. The predicted octanol–water partition coefficient (Wildman–Crippen LogP) is 3.13. The Morgan fingerprint density at radius 1 is 1.16 bits per heavy atom. The number of carbonyl (C=O) groups excluding carboxylic acids is 3. The van der Waals surface area contributed by atoms with Gasteiger partial charge in [0.05, 0.1) is 11.4 Å². The maximum Gasteiger partial charge on any atom is 0.331 e. The van der Waals surface area contributed by atoms with E-state index in [9.17, 15) is 14.4 Å². The lowest BCUT2D eigenvalue weighted by molar-refractivity contribution is -0.136. The van der Waals surface area contributed by atoms with Gasteiger partial charge in [-0.05, 0) is 36.3 Å². The topological polar surface area (TPSA) is 72.5 Å². The summed E-state index contributed by atoms with van der Waals surface area (Å²) in [6.45, 7) is 3.46. The molecule has 0 aliphatic rings. The molecule has 0 aliphatic carbocycles. The Hall–Kier alpha value is -2.73. The third-order valence-electron chi connectivity index (χ3n) is 3.38. The van der Waals surface area contributed by atoms with Gasteiger partial charge < -0.3 is 10.1 Å². The van der Waals surface area contributed by atoms with Crippen LogP contribution in [0.4, 0.5) is 0 Å². The third kappa shape index (κ3) is 6.00. The fourth-order valence-corrected chi connectivity index (χ4v) is 2.89. The largest absolute Gasteiger partial charge is 0.454 e. The molecule has 1 N–H and O–H groups in total. The highest BCUT2D eigenvalue weighted by Crippen LogP contribution is 2.17. The maximum absolute atomic E-state index is 12.1. The second-order valence-corrected chi connectivity index (χ2v) is 6.56. The van der Waals surface area contributed by atoms with Gasteiger partial charge in [-0.1, -0.05) is 24.3 Å². The molecule has 0 fully saturated rings. The third-order valence-corrected chi connectivity index (χ3v) is 4.51. The van der Waals surface area contributed by atoms with Gasteiger partial charge in [0.1, 0.15) is 0 Å². The zero-order valence-electron chi connectivity index (χ0n) is 14.1. The number of benzene rings is 1. The number of ether oxygens (including phenoxy) is 1. The average molecular weight is 357 g/mol. The number of hydrogen-bond acceptors (Lipinski definition) is 5. The van der Waals surface area contributed by atoms with E-state index >= 15 is 0 Å². The van der Waals surface area contributed by atoms with Crippen molar-refractivity contribution < 1.29 is 19.1 Å². The molecule has 1 amide bonds. The van der Waals surface area contributed by atoms with Gasteiger partial charge in [-0.15, -0.1) is 11.3 Å². The Morgan fingerprint density at radius 3 is 2.64 bits per heavy atom. The van der Waals surface area contributed by atoms with Crippen LogP contribution in [-0.4, -0.2) is 24.3 Å². The molecule has 130 valence electrons. The quantitative estimate of drug-likeness (QED) is 0.469. The summed E-state index contributed by atoms with van der Waals surface area (Å²) in [5.74, 6) is -0.959. The van der Waals surface area contributed by atoms with E-state index in [1.807, 2.05) is 31.2 Å². The van der Waals surface area contributed by atoms with E-state index in [0.717, 1.165) is 16.0 Å². The molecule has 0 atom stereocenters. The van der Waals surface area contributed by atoms with Gasteiger partial charge >= 0.3 is 5.97 Å². The van der Waals surface area contributed by atoms with Crippen molar-refractivity contribution in [3.8, 4) is 0 Å². The minimum atomic E-state index is -0.563. The number of thiophene rings is 1. The van der Waals surface area contributed by atoms with E-state index in [-0.39, 0.29) is 18.3 Å². The average Bonchev–Trinajstić information content (AvgIpc) is 3.06. The summed E-state index contributed by atoms with van der Waals surface area (Å²) >= 11 is 1.27. The van der Waals surface area contributed by atoms with Crippen molar-refractivity contribution in [2.45, 2.75) is 20.4 Å². The molecular formula is C19H19NO4S. The lowest BCUT2D eigenvalue weighted by Crippen LogP contribution is -2.18. The summed E-state index contributed by atoms with van der Waals surface area (Å²) in [5, 5.41) is 2.67. The SMILES string of the molecule is CC(=O)NCc1ccc(C(=O)COC(=O)/C=C/c2ccccc2C)s1.